The number of carbonyl (C=O) groups is 1. The zero-order chi connectivity index (χ0) is 17.5. The number of carbonyl (C=O) groups excluding carboxylic acids is 1. The van der Waals surface area contributed by atoms with E-state index in [2.05, 4.69) is 15.5 Å². The average Bonchev–Trinajstić information content (AvgIpc) is 2.92. The smallest absolute Gasteiger partial charge is 0.246 e. The molecule has 0 aliphatic rings. The molecule has 0 spiro atoms. The van der Waals surface area contributed by atoms with Crippen molar-refractivity contribution in [1.82, 2.24) is 10.4 Å². The third kappa shape index (κ3) is 4.94. The molecule has 8 heteroatoms. The number of benzene rings is 1. The lowest BCUT2D eigenvalue weighted by molar-refractivity contribution is -0.120. The van der Waals surface area contributed by atoms with Gasteiger partial charge in [0.05, 0.1) is 31.4 Å². The molecule has 0 saturated heterocycles. The molecule has 128 valence electrons. The predicted molar refractivity (Wildman–Crippen MR) is 95.5 cm³/mol. The van der Waals surface area contributed by atoms with Crippen LogP contribution in [0, 0.1) is 6.92 Å². The second-order valence-electron chi connectivity index (χ2n) is 4.82. The van der Waals surface area contributed by atoms with Gasteiger partial charge in [-0.3, -0.25) is 4.79 Å². The summed E-state index contributed by atoms with van der Waals surface area (Å²) < 4.78 is 10.7. The molecule has 0 aliphatic heterocycles. The van der Waals surface area contributed by atoms with Crippen LogP contribution in [0.1, 0.15) is 23.2 Å². The Morgan fingerprint density at radius 3 is 2.92 bits per heavy atom. The molecule has 0 saturated carbocycles. The minimum Gasteiger partial charge on any atom is -0.491 e. The van der Waals surface area contributed by atoms with E-state index in [1.807, 2.05) is 19.2 Å². The zero-order valence-corrected chi connectivity index (χ0v) is 15.2. The topological polar surface area (TPSA) is 72.8 Å². The molecule has 24 heavy (non-hydrogen) atoms. The maximum atomic E-state index is 11.8. The Labute approximate surface area is 149 Å². The van der Waals surface area contributed by atoms with E-state index in [1.54, 1.807) is 12.1 Å². The van der Waals surface area contributed by atoms with Crippen LogP contribution in [0.3, 0.4) is 0 Å². The number of hydrogen-bond acceptors (Lipinski definition) is 6. The van der Waals surface area contributed by atoms with E-state index < -0.39 is 0 Å². The Morgan fingerprint density at radius 2 is 2.29 bits per heavy atom. The third-order valence-electron chi connectivity index (χ3n) is 2.92. The van der Waals surface area contributed by atoms with Crippen molar-refractivity contribution >= 4 is 35.1 Å². The molecule has 2 rings (SSSR count). The summed E-state index contributed by atoms with van der Waals surface area (Å²) in [7, 11) is 1.53. The summed E-state index contributed by atoms with van der Waals surface area (Å²) in [6.07, 6.45) is 1.70. The van der Waals surface area contributed by atoms with E-state index >= 15 is 0 Å². The molecule has 1 aromatic carbocycles. The second-order valence-corrected chi connectivity index (χ2v) is 6.17. The number of amides is 1. The molecule has 1 aromatic heterocycles. The van der Waals surface area contributed by atoms with Crippen molar-refractivity contribution in [3.8, 4) is 11.5 Å². The molecule has 0 unspecified atom stereocenters. The molecule has 0 atom stereocenters. The maximum Gasteiger partial charge on any atom is 0.246 e. The minimum absolute atomic E-state index is 0.198. The van der Waals surface area contributed by atoms with Crippen LogP contribution in [0.25, 0.3) is 0 Å². The number of aromatic nitrogens is 1. The van der Waals surface area contributed by atoms with Crippen molar-refractivity contribution in [2.24, 2.45) is 5.10 Å². The standard InChI is InChI=1S/C16H18ClN3O3S/c1-4-23-13-6-11(5-12(17)16(13)22-3)8-18-20-14(21)7-15-19-10(2)9-24-15/h5-6,8-9H,4,7H2,1-3H3,(H,20,21)/b18-8-. The highest BCUT2D eigenvalue weighted by molar-refractivity contribution is 7.09. The monoisotopic (exact) mass is 367 g/mol. The first-order valence-electron chi connectivity index (χ1n) is 7.26. The normalized spacial score (nSPS) is 10.8. The highest BCUT2D eigenvalue weighted by atomic mass is 35.5. The molecule has 0 fully saturated rings. The summed E-state index contributed by atoms with van der Waals surface area (Å²) in [4.78, 5) is 16.1. The van der Waals surface area contributed by atoms with Gasteiger partial charge in [-0.25, -0.2) is 10.4 Å². The van der Waals surface area contributed by atoms with Gasteiger partial charge in [-0.2, -0.15) is 5.10 Å². The first kappa shape index (κ1) is 18.2. The summed E-state index contributed by atoms with van der Waals surface area (Å²) in [6.45, 7) is 4.24. The summed E-state index contributed by atoms with van der Waals surface area (Å²) >= 11 is 7.61. The minimum atomic E-state index is -0.231. The van der Waals surface area contributed by atoms with Crippen LogP contribution in [-0.4, -0.2) is 30.8 Å². The Kier molecular flexibility index (Phi) is 6.57. The SMILES string of the molecule is CCOc1cc(/C=N\NC(=O)Cc2nc(C)cs2)cc(Cl)c1OC. The maximum absolute atomic E-state index is 11.8. The zero-order valence-electron chi connectivity index (χ0n) is 13.6. The predicted octanol–water partition coefficient (Wildman–Crippen LogP) is 3.21. The van der Waals surface area contributed by atoms with Crippen molar-refractivity contribution in [2.45, 2.75) is 20.3 Å². The third-order valence-corrected chi connectivity index (χ3v) is 4.16. The van der Waals surface area contributed by atoms with Crippen LogP contribution in [0.15, 0.2) is 22.6 Å². The summed E-state index contributed by atoms with van der Waals surface area (Å²) in [5.74, 6) is 0.766. The van der Waals surface area contributed by atoms with Crippen LogP contribution < -0.4 is 14.9 Å². The van der Waals surface area contributed by atoms with E-state index in [9.17, 15) is 4.79 Å². The van der Waals surface area contributed by atoms with Gasteiger partial charge >= 0.3 is 0 Å². The Bertz CT molecular complexity index is 746. The number of nitrogens with zero attached hydrogens (tertiary/aromatic N) is 2. The van der Waals surface area contributed by atoms with Gasteiger partial charge in [0.2, 0.25) is 5.91 Å². The van der Waals surface area contributed by atoms with Crippen molar-refractivity contribution in [1.29, 1.82) is 0 Å². The molecular formula is C16H18ClN3O3S. The molecule has 0 aliphatic carbocycles. The molecule has 6 nitrogen and oxygen atoms in total. The average molecular weight is 368 g/mol. The van der Waals surface area contributed by atoms with Gasteiger partial charge in [0.25, 0.3) is 0 Å². The van der Waals surface area contributed by atoms with Crippen LogP contribution in [0.4, 0.5) is 0 Å². The molecule has 1 N–H and O–H groups in total. The van der Waals surface area contributed by atoms with Crippen molar-refractivity contribution in [2.75, 3.05) is 13.7 Å². The molecule has 0 bridgehead atoms. The van der Waals surface area contributed by atoms with Crippen LogP contribution in [0.5, 0.6) is 11.5 Å². The highest BCUT2D eigenvalue weighted by Gasteiger charge is 2.11. The number of aryl methyl sites for hydroxylation is 1. The number of hydrogen-bond donors (Lipinski definition) is 1. The molecule has 0 radical (unpaired) electrons. The number of hydrazone groups is 1. The number of halogens is 1. The number of rotatable bonds is 7. The number of thiazole rings is 1. The lowest BCUT2D eigenvalue weighted by Gasteiger charge is -2.11. The van der Waals surface area contributed by atoms with Crippen molar-refractivity contribution in [3.05, 3.63) is 38.8 Å². The summed E-state index contributed by atoms with van der Waals surface area (Å²) in [6, 6.07) is 3.43. The van der Waals surface area contributed by atoms with Gasteiger partial charge < -0.3 is 9.47 Å². The highest BCUT2D eigenvalue weighted by Crippen LogP contribution is 2.35. The van der Waals surface area contributed by atoms with Crippen LogP contribution in [0.2, 0.25) is 5.02 Å². The largest absolute Gasteiger partial charge is 0.491 e. The van der Waals surface area contributed by atoms with Gasteiger partial charge in [-0.15, -0.1) is 11.3 Å². The van der Waals surface area contributed by atoms with Gasteiger partial charge in [-0.1, -0.05) is 11.6 Å². The fraction of sp³-hybridized carbons (Fsp3) is 0.312. The number of nitrogens with one attached hydrogen (secondary N) is 1. The first-order valence-corrected chi connectivity index (χ1v) is 8.52. The van der Waals surface area contributed by atoms with Crippen LogP contribution >= 0.6 is 22.9 Å². The van der Waals surface area contributed by atoms with Gasteiger partial charge in [0.15, 0.2) is 11.5 Å². The van der Waals surface area contributed by atoms with Gasteiger partial charge in [0.1, 0.15) is 5.01 Å². The first-order chi connectivity index (χ1) is 11.5. The molecule has 1 amide bonds. The number of methoxy groups -OCH3 is 1. The second kappa shape index (κ2) is 8.65. The fourth-order valence-electron chi connectivity index (χ4n) is 1.96. The van der Waals surface area contributed by atoms with Crippen molar-refractivity contribution < 1.29 is 14.3 Å². The summed E-state index contributed by atoms with van der Waals surface area (Å²) in [5.41, 5.74) is 4.07. The summed E-state index contributed by atoms with van der Waals surface area (Å²) in [5, 5.41) is 7.01. The lowest BCUT2D eigenvalue weighted by Crippen LogP contribution is -2.19. The van der Waals surface area contributed by atoms with Crippen molar-refractivity contribution in [3.63, 3.8) is 0 Å². The van der Waals surface area contributed by atoms with Crippen LogP contribution in [-0.2, 0) is 11.2 Å². The fourth-order valence-corrected chi connectivity index (χ4v) is 3.03. The van der Waals surface area contributed by atoms with Gasteiger partial charge in [0, 0.05) is 11.1 Å². The quantitative estimate of drug-likeness (QED) is 0.602. The van der Waals surface area contributed by atoms with Gasteiger partial charge in [-0.05, 0) is 31.5 Å². The van der Waals surface area contributed by atoms with E-state index in [1.165, 1.54) is 24.7 Å². The number of ether oxygens (including phenoxy) is 2. The molecular weight excluding hydrogens is 350 g/mol. The lowest BCUT2D eigenvalue weighted by atomic mass is 10.2. The van der Waals surface area contributed by atoms with E-state index in [0.717, 1.165) is 10.7 Å². The van der Waals surface area contributed by atoms with E-state index in [4.69, 9.17) is 21.1 Å². The Hall–Kier alpha value is -2.12. The van der Waals surface area contributed by atoms with E-state index in [0.29, 0.717) is 28.7 Å². The molecule has 2 aromatic rings. The molecule has 1 heterocycles. The Morgan fingerprint density at radius 1 is 1.50 bits per heavy atom. The van der Waals surface area contributed by atoms with E-state index in [-0.39, 0.29) is 12.3 Å². The Balaban J connectivity index is 2.01.